The number of aliphatic carboxylic acids is 1. The minimum absolute atomic E-state index is 0.225. The van der Waals surface area contributed by atoms with Crippen molar-refractivity contribution in [1.29, 1.82) is 0 Å². The SMILES string of the molecule is CC/C=C/C=C/CC(O)CCCCC(=O)OC(CC(=O)[O-])C[N+](C)(C)C. The summed E-state index contributed by atoms with van der Waals surface area (Å²) in [5, 5.41) is 20.7. The van der Waals surface area contributed by atoms with Gasteiger partial charge < -0.3 is 24.2 Å². The van der Waals surface area contributed by atoms with Crippen LogP contribution in [0.2, 0.25) is 0 Å². The highest BCUT2D eigenvalue weighted by molar-refractivity contribution is 5.70. The van der Waals surface area contributed by atoms with E-state index in [-0.39, 0.29) is 12.8 Å². The summed E-state index contributed by atoms with van der Waals surface area (Å²) in [5.41, 5.74) is 0. The third-order valence-electron chi connectivity index (χ3n) is 3.64. The Morgan fingerprint density at radius 2 is 1.81 bits per heavy atom. The van der Waals surface area contributed by atoms with Crippen LogP contribution in [0.3, 0.4) is 0 Å². The number of carbonyl (C=O) groups is 2. The van der Waals surface area contributed by atoms with E-state index in [2.05, 4.69) is 6.92 Å². The van der Waals surface area contributed by atoms with Crippen molar-refractivity contribution in [2.24, 2.45) is 0 Å². The van der Waals surface area contributed by atoms with Crippen LogP contribution >= 0.6 is 0 Å². The molecule has 0 saturated carbocycles. The van der Waals surface area contributed by atoms with Crippen molar-refractivity contribution in [1.82, 2.24) is 0 Å². The lowest BCUT2D eigenvalue weighted by molar-refractivity contribution is -0.873. The number of aliphatic hydroxyl groups is 1. The van der Waals surface area contributed by atoms with Crippen LogP contribution in [0.15, 0.2) is 24.3 Å². The molecule has 0 fully saturated rings. The summed E-state index contributed by atoms with van der Waals surface area (Å²) >= 11 is 0. The van der Waals surface area contributed by atoms with Gasteiger partial charge in [0.15, 0.2) is 6.10 Å². The van der Waals surface area contributed by atoms with E-state index in [1.807, 2.05) is 45.4 Å². The number of hydrogen-bond acceptors (Lipinski definition) is 5. The molecule has 0 heterocycles. The molecule has 0 bridgehead atoms. The van der Waals surface area contributed by atoms with Crippen molar-refractivity contribution in [3.8, 4) is 0 Å². The maximum absolute atomic E-state index is 11.9. The first-order valence-corrected chi connectivity index (χ1v) is 9.33. The Balaban J connectivity index is 4.06. The van der Waals surface area contributed by atoms with Gasteiger partial charge in [0, 0.05) is 18.8 Å². The Bertz CT molecular complexity index is 465. The highest BCUT2D eigenvalue weighted by atomic mass is 16.5. The number of unbranched alkanes of at least 4 members (excludes halogenated alkanes) is 1. The van der Waals surface area contributed by atoms with Crippen LogP contribution in [0.25, 0.3) is 0 Å². The molecule has 0 aliphatic carbocycles. The Morgan fingerprint density at radius 3 is 2.38 bits per heavy atom. The minimum atomic E-state index is -1.22. The van der Waals surface area contributed by atoms with Gasteiger partial charge in [-0.25, -0.2) is 0 Å². The van der Waals surface area contributed by atoms with Crippen molar-refractivity contribution in [2.45, 2.75) is 64.1 Å². The summed E-state index contributed by atoms with van der Waals surface area (Å²) in [6.07, 6.45) is 10.2. The second kappa shape index (κ2) is 13.5. The molecular weight excluding hydrogens is 334 g/mol. The lowest BCUT2D eigenvalue weighted by atomic mass is 10.1. The van der Waals surface area contributed by atoms with E-state index in [9.17, 15) is 19.8 Å². The average molecular weight is 370 g/mol. The Hall–Kier alpha value is -1.66. The van der Waals surface area contributed by atoms with E-state index in [0.29, 0.717) is 30.3 Å². The third kappa shape index (κ3) is 15.8. The molecule has 0 saturated heterocycles. The van der Waals surface area contributed by atoms with Gasteiger partial charge in [-0.2, -0.15) is 0 Å². The van der Waals surface area contributed by atoms with Gasteiger partial charge in [0.1, 0.15) is 6.54 Å². The van der Waals surface area contributed by atoms with Crippen molar-refractivity contribution >= 4 is 11.9 Å². The predicted octanol–water partition coefficient (Wildman–Crippen LogP) is 1.58. The largest absolute Gasteiger partial charge is 0.550 e. The number of carboxylic acid groups (broad SMARTS) is 1. The first kappa shape index (κ1) is 24.3. The zero-order valence-corrected chi connectivity index (χ0v) is 16.6. The normalized spacial score (nSPS) is 14.7. The van der Waals surface area contributed by atoms with Crippen LogP contribution in [0.1, 0.15) is 51.9 Å². The Morgan fingerprint density at radius 1 is 1.15 bits per heavy atom. The number of nitrogens with zero attached hydrogens (tertiary/aromatic N) is 1. The molecular formula is C20H35NO5. The molecule has 6 nitrogen and oxygen atoms in total. The van der Waals surface area contributed by atoms with E-state index in [1.54, 1.807) is 0 Å². The topological polar surface area (TPSA) is 86.7 Å². The maximum atomic E-state index is 11.9. The molecule has 150 valence electrons. The molecule has 0 aliphatic heterocycles. The van der Waals surface area contributed by atoms with Gasteiger partial charge in [0.25, 0.3) is 0 Å². The van der Waals surface area contributed by atoms with Gasteiger partial charge in [0.2, 0.25) is 0 Å². The second-order valence-electron chi connectivity index (χ2n) is 7.56. The summed E-state index contributed by atoms with van der Waals surface area (Å²) in [5.74, 6) is -1.62. The molecule has 26 heavy (non-hydrogen) atoms. The molecule has 2 atom stereocenters. The van der Waals surface area contributed by atoms with E-state index >= 15 is 0 Å². The Labute approximate surface area is 157 Å². The maximum Gasteiger partial charge on any atom is 0.306 e. The van der Waals surface area contributed by atoms with Crippen LogP contribution in [0, 0.1) is 0 Å². The average Bonchev–Trinajstić information content (AvgIpc) is 2.49. The van der Waals surface area contributed by atoms with Crippen molar-refractivity contribution < 1.29 is 29.0 Å². The lowest BCUT2D eigenvalue weighted by Gasteiger charge is -2.29. The second-order valence-corrected chi connectivity index (χ2v) is 7.56. The number of carbonyl (C=O) groups excluding carboxylic acids is 2. The molecule has 2 unspecified atom stereocenters. The zero-order chi connectivity index (χ0) is 20.0. The molecule has 0 amide bonds. The zero-order valence-electron chi connectivity index (χ0n) is 16.6. The quantitative estimate of drug-likeness (QED) is 0.217. The molecule has 0 aromatic heterocycles. The number of hydrogen-bond donors (Lipinski definition) is 1. The van der Waals surface area contributed by atoms with Gasteiger partial charge in [-0.05, 0) is 25.7 Å². The molecule has 6 heteroatoms. The third-order valence-corrected chi connectivity index (χ3v) is 3.64. The van der Waals surface area contributed by atoms with Crippen LogP contribution in [-0.2, 0) is 14.3 Å². The fourth-order valence-electron chi connectivity index (χ4n) is 2.48. The monoisotopic (exact) mass is 369 g/mol. The van der Waals surface area contributed by atoms with E-state index in [0.717, 1.165) is 12.8 Å². The van der Waals surface area contributed by atoms with E-state index in [4.69, 9.17) is 4.74 Å². The first-order valence-electron chi connectivity index (χ1n) is 9.33. The van der Waals surface area contributed by atoms with Gasteiger partial charge in [-0.1, -0.05) is 37.6 Å². The fourth-order valence-corrected chi connectivity index (χ4v) is 2.48. The van der Waals surface area contributed by atoms with Gasteiger partial charge in [-0.15, -0.1) is 0 Å². The summed E-state index contributed by atoms with van der Waals surface area (Å²) in [7, 11) is 5.72. The number of rotatable bonds is 14. The van der Waals surface area contributed by atoms with E-state index in [1.165, 1.54) is 0 Å². The summed E-state index contributed by atoms with van der Waals surface area (Å²) in [6, 6.07) is 0. The highest BCUT2D eigenvalue weighted by Gasteiger charge is 2.22. The molecule has 0 aromatic carbocycles. The van der Waals surface area contributed by atoms with Crippen LogP contribution in [-0.4, -0.2) is 61.4 Å². The van der Waals surface area contributed by atoms with Gasteiger partial charge >= 0.3 is 5.97 Å². The molecule has 0 aliphatic rings. The molecule has 1 N–H and O–H groups in total. The van der Waals surface area contributed by atoms with Crippen molar-refractivity contribution in [3.05, 3.63) is 24.3 Å². The van der Waals surface area contributed by atoms with Crippen LogP contribution in [0.5, 0.6) is 0 Å². The Kier molecular flexibility index (Phi) is 12.7. The molecule has 0 spiro atoms. The van der Waals surface area contributed by atoms with Gasteiger partial charge in [-0.3, -0.25) is 4.79 Å². The van der Waals surface area contributed by atoms with E-state index < -0.39 is 24.1 Å². The summed E-state index contributed by atoms with van der Waals surface area (Å²) in [4.78, 5) is 22.7. The first-order chi connectivity index (χ1) is 12.1. The van der Waals surface area contributed by atoms with Crippen molar-refractivity contribution in [2.75, 3.05) is 27.7 Å². The summed E-state index contributed by atoms with van der Waals surface area (Å²) in [6.45, 7) is 2.48. The number of carboxylic acids is 1. The predicted molar refractivity (Wildman–Crippen MR) is 100 cm³/mol. The standard InChI is InChI=1S/C20H35NO5/c1-5-6-7-8-9-12-17(22)13-10-11-14-20(25)26-18(15-19(23)24)16-21(2,3)4/h6-9,17-18,22H,5,10-16H2,1-4H3/b7-6+,9-8+. The van der Waals surface area contributed by atoms with Crippen LogP contribution < -0.4 is 5.11 Å². The minimum Gasteiger partial charge on any atom is -0.550 e. The van der Waals surface area contributed by atoms with Crippen molar-refractivity contribution in [3.63, 3.8) is 0 Å². The van der Waals surface area contributed by atoms with Crippen LogP contribution in [0.4, 0.5) is 0 Å². The lowest BCUT2D eigenvalue weighted by Crippen LogP contribution is -2.45. The molecule has 0 radical (unpaired) electrons. The highest BCUT2D eigenvalue weighted by Crippen LogP contribution is 2.10. The number of likely N-dealkylation sites (N-methyl/N-ethyl adjacent to an activating group) is 1. The number of ether oxygens (including phenoxy) is 1. The number of aliphatic hydroxyl groups excluding tert-OH is 1. The fraction of sp³-hybridized carbons (Fsp3) is 0.700. The van der Waals surface area contributed by atoms with Gasteiger partial charge in [0.05, 0.1) is 27.2 Å². The number of esters is 1. The summed E-state index contributed by atoms with van der Waals surface area (Å²) < 4.78 is 5.79. The number of allylic oxidation sites excluding steroid dienone is 3. The molecule has 0 aromatic rings. The number of quaternary nitrogens is 1. The molecule has 0 rings (SSSR count). The smallest absolute Gasteiger partial charge is 0.306 e.